The van der Waals surface area contributed by atoms with Crippen molar-refractivity contribution in [3.63, 3.8) is 0 Å². The van der Waals surface area contributed by atoms with Gasteiger partial charge in [0.15, 0.2) is 0 Å². The maximum absolute atomic E-state index is 5.91. The Kier molecular flexibility index (Phi) is 4.29. The van der Waals surface area contributed by atoms with E-state index in [0.29, 0.717) is 12.6 Å². The van der Waals surface area contributed by atoms with Gasteiger partial charge in [0.25, 0.3) is 0 Å². The molecule has 2 aliphatic heterocycles. The molecule has 1 aromatic carbocycles. The number of aromatic nitrogens is 1. The van der Waals surface area contributed by atoms with Crippen LogP contribution >= 0.6 is 0 Å². The van der Waals surface area contributed by atoms with Gasteiger partial charge in [-0.15, -0.1) is 0 Å². The van der Waals surface area contributed by atoms with Crippen LogP contribution in [0.2, 0.25) is 0 Å². The molecule has 2 fully saturated rings. The van der Waals surface area contributed by atoms with Crippen LogP contribution in [-0.4, -0.2) is 29.0 Å². The Balaban J connectivity index is 1.38. The van der Waals surface area contributed by atoms with Crippen LogP contribution in [0.5, 0.6) is 5.75 Å². The number of piperidine rings is 1. The molecular weight excluding hydrogens is 284 g/mol. The summed E-state index contributed by atoms with van der Waals surface area (Å²) in [5.41, 5.74) is 2.49. The number of rotatable bonds is 5. The Morgan fingerprint density at radius 3 is 2.87 bits per heavy atom. The van der Waals surface area contributed by atoms with E-state index in [1.807, 2.05) is 30.6 Å². The average Bonchev–Trinajstić information content (AvgIpc) is 2.99. The van der Waals surface area contributed by atoms with Gasteiger partial charge in [0.2, 0.25) is 0 Å². The fraction of sp³-hybridized carbons (Fsp3) is 0.450. The second kappa shape index (κ2) is 6.71. The van der Waals surface area contributed by atoms with Gasteiger partial charge in [-0.2, -0.15) is 0 Å². The Bertz CT molecular complexity index is 643. The summed E-state index contributed by atoms with van der Waals surface area (Å²) in [6, 6.07) is 13.1. The summed E-state index contributed by atoms with van der Waals surface area (Å²) in [5.74, 6) is 1.84. The molecule has 2 aliphatic rings. The first kappa shape index (κ1) is 14.7. The highest BCUT2D eigenvalue weighted by Gasteiger charge is 2.33. The van der Waals surface area contributed by atoms with Gasteiger partial charge in [-0.25, -0.2) is 0 Å². The van der Waals surface area contributed by atoms with E-state index in [1.54, 1.807) is 0 Å². The van der Waals surface area contributed by atoms with Crippen molar-refractivity contribution >= 4 is 0 Å². The predicted molar refractivity (Wildman–Crippen MR) is 91.4 cm³/mol. The molecule has 120 valence electrons. The molecule has 3 atom stereocenters. The summed E-state index contributed by atoms with van der Waals surface area (Å²) in [5, 5.41) is 0. The Morgan fingerprint density at radius 1 is 1.04 bits per heavy atom. The highest BCUT2D eigenvalue weighted by Crippen LogP contribution is 2.32. The third-order valence-corrected chi connectivity index (χ3v) is 5.23. The molecule has 0 spiro atoms. The first-order valence-electron chi connectivity index (χ1n) is 8.71. The van der Waals surface area contributed by atoms with Crippen molar-refractivity contribution in [1.82, 2.24) is 9.88 Å². The number of hydrogen-bond donors (Lipinski definition) is 0. The molecule has 2 saturated heterocycles. The molecule has 3 unspecified atom stereocenters. The Hall–Kier alpha value is -1.87. The molecule has 2 aromatic rings. The molecule has 0 N–H and O–H groups in total. The van der Waals surface area contributed by atoms with E-state index in [-0.39, 0.29) is 0 Å². The summed E-state index contributed by atoms with van der Waals surface area (Å²) in [4.78, 5) is 7.05. The maximum atomic E-state index is 5.91. The number of hydrogen-bond acceptors (Lipinski definition) is 3. The quantitative estimate of drug-likeness (QED) is 0.842. The van der Waals surface area contributed by atoms with Gasteiger partial charge in [0, 0.05) is 18.8 Å². The first-order valence-corrected chi connectivity index (χ1v) is 8.71. The minimum atomic E-state index is 0.600. The van der Waals surface area contributed by atoms with Crippen molar-refractivity contribution in [2.24, 2.45) is 5.92 Å². The van der Waals surface area contributed by atoms with Crippen LogP contribution in [0.15, 0.2) is 48.8 Å². The van der Waals surface area contributed by atoms with Crippen LogP contribution in [0, 0.1) is 5.92 Å². The van der Waals surface area contributed by atoms with Crippen LogP contribution in [-0.2, 0) is 13.0 Å². The average molecular weight is 308 g/mol. The number of benzene rings is 1. The second-order valence-corrected chi connectivity index (χ2v) is 6.89. The van der Waals surface area contributed by atoms with Crippen LogP contribution < -0.4 is 4.74 Å². The molecule has 2 bridgehead atoms. The summed E-state index contributed by atoms with van der Waals surface area (Å²) >= 11 is 0. The highest BCUT2D eigenvalue weighted by atomic mass is 16.5. The standard InChI is InChI=1S/C20H24N2O/c1-2-4-17(5-3-1)15-23-20-11-18(12-21-13-20)10-19-7-6-16-8-9-22(19)14-16/h1-5,11-13,16,19H,6-10,14-15H2. The smallest absolute Gasteiger partial charge is 0.138 e. The Labute approximate surface area is 138 Å². The van der Waals surface area contributed by atoms with Crippen molar-refractivity contribution in [3.8, 4) is 5.75 Å². The predicted octanol–water partition coefficient (Wildman–Crippen LogP) is 3.69. The summed E-state index contributed by atoms with van der Waals surface area (Å²) in [6.07, 6.45) is 9.05. The van der Waals surface area contributed by atoms with Gasteiger partial charge < -0.3 is 4.74 Å². The highest BCUT2D eigenvalue weighted by molar-refractivity contribution is 5.25. The zero-order valence-corrected chi connectivity index (χ0v) is 13.5. The number of pyridine rings is 1. The van der Waals surface area contributed by atoms with Crippen LogP contribution in [0.25, 0.3) is 0 Å². The second-order valence-electron chi connectivity index (χ2n) is 6.89. The largest absolute Gasteiger partial charge is 0.487 e. The van der Waals surface area contributed by atoms with Gasteiger partial charge in [-0.1, -0.05) is 30.3 Å². The molecule has 0 saturated carbocycles. The normalized spacial score (nSPS) is 26.2. The number of nitrogens with zero attached hydrogens (tertiary/aromatic N) is 2. The first-order chi connectivity index (χ1) is 11.4. The molecule has 0 aliphatic carbocycles. The lowest BCUT2D eigenvalue weighted by atomic mass is 9.93. The van der Waals surface area contributed by atoms with Crippen LogP contribution in [0.3, 0.4) is 0 Å². The van der Waals surface area contributed by atoms with E-state index in [1.165, 1.54) is 43.5 Å². The zero-order valence-electron chi connectivity index (χ0n) is 13.5. The van der Waals surface area contributed by atoms with Crippen LogP contribution in [0.1, 0.15) is 30.4 Å². The monoisotopic (exact) mass is 308 g/mol. The Morgan fingerprint density at radius 2 is 1.96 bits per heavy atom. The fourth-order valence-electron chi connectivity index (χ4n) is 3.94. The fourth-order valence-corrected chi connectivity index (χ4v) is 3.94. The third kappa shape index (κ3) is 3.56. The molecule has 1 aromatic heterocycles. The number of fused-ring (bicyclic) bond motifs is 2. The minimum Gasteiger partial charge on any atom is -0.487 e. The molecule has 0 radical (unpaired) electrons. The molecule has 4 rings (SSSR count). The van der Waals surface area contributed by atoms with Crippen LogP contribution in [0.4, 0.5) is 0 Å². The lowest BCUT2D eigenvalue weighted by Crippen LogP contribution is -2.38. The summed E-state index contributed by atoms with van der Waals surface area (Å²) < 4.78 is 5.91. The van der Waals surface area contributed by atoms with Crippen molar-refractivity contribution in [1.29, 1.82) is 0 Å². The summed E-state index contributed by atoms with van der Waals surface area (Å²) in [6.45, 7) is 3.19. The number of ether oxygens (including phenoxy) is 1. The molecular formula is C20H24N2O. The van der Waals surface area contributed by atoms with Gasteiger partial charge >= 0.3 is 0 Å². The van der Waals surface area contributed by atoms with E-state index < -0.39 is 0 Å². The summed E-state index contributed by atoms with van der Waals surface area (Å²) in [7, 11) is 0. The van der Waals surface area contributed by atoms with E-state index in [0.717, 1.165) is 18.1 Å². The lowest BCUT2D eigenvalue weighted by Gasteiger charge is -2.32. The topological polar surface area (TPSA) is 25.4 Å². The SMILES string of the molecule is c1ccc(COc2cncc(CC3CCC4CCN3C4)c2)cc1. The van der Waals surface area contributed by atoms with E-state index in [4.69, 9.17) is 4.74 Å². The van der Waals surface area contributed by atoms with Gasteiger partial charge in [-0.3, -0.25) is 9.88 Å². The van der Waals surface area contributed by atoms with Crippen molar-refractivity contribution in [2.75, 3.05) is 13.1 Å². The van der Waals surface area contributed by atoms with Gasteiger partial charge in [0.1, 0.15) is 12.4 Å². The molecule has 23 heavy (non-hydrogen) atoms. The van der Waals surface area contributed by atoms with E-state index >= 15 is 0 Å². The van der Waals surface area contributed by atoms with Gasteiger partial charge in [-0.05, 0) is 55.3 Å². The van der Waals surface area contributed by atoms with Crippen molar-refractivity contribution < 1.29 is 4.74 Å². The van der Waals surface area contributed by atoms with Crippen molar-refractivity contribution in [2.45, 2.75) is 38.3 Å². The van der Waals surface area contributed by atoms with E-state index in [2.05, 4.69) is 28.1 Å². The van der Waals surface area contributed by atoms with E-state index in [9.17, 15) is 0 Å². The lowest BCUT2D eigenvalue weighted by molar-refractivity contribution is 0.180. The van der Waals surface area contributed by atoms with Gasteiger partial charge in [0.05, 0.1) is 6.20 Å². The zero-order chi connectivity index (χ0) is 15.5. The minimum absolute atomic E-state index is 0.600. The molecule has 3 nitrogen and oxygen atoms in total. The third-order valence-electron chi connectivity index (χ3n) is 5.23. The molecule has 3 heterocycles. The maximum Gasteiger partial charge on any atom is 0.138 e. The molecule has 0 amide bonds. The van der Waals surface area contributed by atoms with Crippen molar-refractivity contribution in [3.05, 3.63) is 59.9 Å². The molecule has 3 heteroatoms.